The first kappa shape index (κ1) is 12.5. The van der Waals surface area contributed by atoms with Gasteiger partial charge in [-0.15, -0.1) is 0 Å². The number of hydrogen-bond acceptors (Lipinski definition) is 4. The average Bonchev–Trinajstić information content (AvgIpc) is 2.77. The van der Waals surface area contributed by atoms with Gasteiger partial charge in [0.2, 0.25) is 4.77 Å². The van der Waals surface area contributed by atoms with E-state index in [4.69, 9.17) is 17.0 Å². The van der Waals surface area contributed by atoms with Crippen LogP contribution in [0.5, 0.6) is 5.75 Å². The minimum Gasteiger partial charge on any atom is -0.497 e. The molecule has 0 spiro atoms. The summed E-state index contributed by atoms with van der Waals surface area (Å²) in [5.41, 5.74) is 0.973. The molecule has 0 bridgehead atoms. The molecule has 0 fully saturated rings. The Labute approximate surface area is 110 Å². The second-order valence-corrected chi connectivity index (χ2v) is 4.01. The molecule has 0 saturated heterocycles. The minimum atomic E-state index is 0.497. The molecule has 2 rings (SSSR count). The number of aryl methyl sites for hydroxylation is 1. The molecule has 0 atom stereocenters. The Balaban J connectivity index is 2.24. The largest absolute Gasteiger partial charge is 0.497 e. The summed E-state index contributed by atoms with van der Waals surface area (Å²) in [4.78, 5) is 0. The highest BCUT2D eigenvalue weighted by Gasteiger charge is 2.00. The van der Waals surface area contributed by atoms with Crippen molar-refractivity contribution in [1.82, 2.24) is 14.9 Å². The number of nitrogens with one attached hydrogen (secondary N) is 1. The fourth-order valence-corrected chi connectivity index (χ4v) is 1.68. The zero-order valence-electron chi connectivity index (χ0n) is 10.3. The number of rotatable bonds is 4. The Morgan fingerprint density at radius 1 is 1.44 bits per heavy atom. The number of hydrogen-bond donors (Lipinski definition) is 1. The van der Waals surface area contributed by atoms with Crippen LogP contribution in [0.3, 0.4) is 0 Å². The monoisotopic (exact) mass is 262 g/mol. The van der Waals surface area contributed by atoms with E-state index in [1.807, 2.05) is 31.2 Å². The van der Waals surface area contributed by atoms with E-state index in [9.17, 15) is 0 Å². The number of methoxy groups -OCH3 is 1. The molecular formula is C12H14N4OS. The summed E-state index contributed by atoms with van der Waals surface area (Å²) in [6.45, 7) is 2.00. The van der Waals surface area contributed by atoms with Gasteiger partial charge in [-0.2, -0.15) is 14.9 Å². The van der Waals surface area contributed by atoms with E-state index in [2.05, 4.69) is 15.3 Å². The SMILES string of the molecule is CCc1n[nH]c(=S)n1/N=C/c1ccc(OC)cc1. The predicted molar refractivity (Wildman–Crippen MR) is 72.8 cm³/mol. The Hall–Kier alpha value is -1.95. The summed E-state index contributed by atoms with van der Waals surface area (Å²) in [6, 6.07) is 7.63. The van der Waals surface area contributed by atoms with Crippen molar-refractivity contribution in [1.29, 1.82) is 0 Å². The number of H-pyrrole nitrogens is 1. The van der Waals surface area contributed by atoms with Crippen LogP contribution >= 0.6 is 12.2 Å². The molecule has 0 radical (unpaired) electrons. The first-order valence-corrected chi connectivity index (χ1v) is 6.00. The van der Waals surface area contributed by atoms with Gasteiger partial charge in [0, 0.05) is 6.42 Å². The van der Waals surface area contributed by atoms with Crippen LogP contribution in [0.25, 0.3) is 0 Å². The van der Waals surface area contributed by atoms with Crippen LogP contribution in [0.2, 0.25) is 0 Å². The van der Waals surface area contributed by atoms with Crippen molar-refractivity contribution >= 4 is 18.4 Å². The molecule has 0 aliphatic carbocycles. The molecule has 1 heterocycles. The molecule has 1 N–H and O–H groups in total. The molecule has 0 saturated carbocycles. The Morgan fingerprint density at radius 3 is 2.78 bits per heavy atom. The third-order valence-corrected chi connectivity index (χ3v) is 2.74. The molecule has 6 heteroatoms. The molecule has 94 valence electrons. The average molecular weight is 262 g/mol. The summed E-state index contributed by atoms with van der Waals surface area (Å²) in [6.07, 6.45) is 2.51. The number of benzene rings is 1. The van der Waals surface area contributed by atoms with Gasteiger partial charge in [-0.3, -0.25) is 5.10 Å². The molecular weight excluding hydrogens is 248 g/mol. The molecule has 0 unspecified atom stereocenters. The third-order valence-electron chi connectivity index (χ3n) is 2.47. The van der Waals surface area contributed by atoms with Crippen molar-refractivity contribution in [3.05, 3.63) is 40.4 Å². The van der Waals surface area contributed by atoms with Gasteiger partial charge in [-0.25, -0.2) is 0 Å². The number of ether oxygens (including phenoxy) is 1. The molecule has 5 nitrogen and oxygen atoms in total. The van der Waals surface area contributed by atoms with Crippen molar-refractivity contribution in [3.63, 3.8) is 0 Å². The van der Waals surface area contributed by atoms with E-state index < -0.39 is 0 Å². The quantitative estimate of drug-likeness (QED) is 0.680. The van der Waals surface area contributed by atoms with E-state index in [-0.39, 0.29) is 0 Å². The summed E-state index contributed by atoms with van der Waals surface area (Å²) < 4.78 is 7.22. The van der Waals surface area contributed by atoms with Crippen LogP contribution in [0.4, 0.5) is 0 Å². The predicted octanol–water partition coefficient (Wildman–Crippen LogP) is 2.39. The molecule has 0 aliphatic heterocycles. The highest BCUT2D eigenvalue weighted by molar-refractivity contribution is 7.71. The number of aromatic nitrogens is 3. The highest BCUT2D eigenvalue weighted by Crippen LogP contribution is 2.10. The maximum atomic E-state index is 5.11. The van der Waals surface area contributed by atoms with Crippen LogP contribution in [-0.4, -0.2) is 28.2 Å². The fourth-order valence-electron chi connectivity index (χ4n) is 1.49. The fraction of sp³-hybridized carbons (Fsp3) is 0.250. The number of nitrogens with zero attached hydrogens (tertiary/aromatic N) is 3. The van der Waals surface area contributed by atoms with Gasteiger partial charge in [0.1, 0.15) is 5.75 Å². The van der Waals surface area contributed by atoms with Crippen LogP contribution in [0, 0.1) is 4.77 Å². The first-order chi connectivity index (χ1) is 8.74. The maximum Gasteiger partial charge on any atom is 0.216 e. The zero-order chi connectivity index (χ0) is 13.0. The first-order valence-electron chi connectivity index (χ1n) is 5.59. The number of aromatic amines is 1. The van der Waals surface area contributed by atoms with Gasteiger partial charge in [-0.1, -0.05) is 6.92 Å². The van der Waals surface area contributed by atoms with Crippen LogP contribution < -0.4 is 4.74 Å². The van der Waals surface area contributed by atoms with Crippen LogP contribution in [0.1, 0.15) is 18.3 Å². The molecule has 0 amide bonds. The lowest BCUT2D eigenvalue weighted by Crippen LogP contribution is -1.97. The van der Waals surface area contributed by atoms with Crippen molar-refractivity contribution in [3.8, 4) is 5.75 Å². The van der Waals surface area contributed by atoms with E-state index in [0.717, 1.165) is 23.6 Å². The summed E-state index contributed by atoms with van der Waals surface area (Å²) in [7, 11) is 1.64. The summed E-state index contributed by atoms with van der Waals surface area (Å²) >= 11 is 5.11. The van der Waals surface area contributed by atoms with Crippen molar-refractivity contribution in [2.75, 3.05) is 7.11 Å². The van der Waals surface area contributed by atoms with Gasteiger partial charge in [0.25, 0.3) is 0 Å². The Bertz CT molecular complexity index is 597. The van der Waals surface area contributed by atoms with E-state index in [0.29, 0.717) is 4.77 Å². The molecule has 0 aliphatic rings. The van der Waals surface area contributed by atoms with Gasteiger partial charge in [-0.05, 0) is 42.0 Å². The summed E-state index contributed by atoms with van der Waals surface area (Å²) in [5.74, 6) is 1.63. The Morgan fingerprint density at radius 2 is 2.17 bits per heavy atom. The lowest BCUT2D eigenvalue weighted by atomic mass is 10.2. The third kappa shape index (κ3) is 2.65. The zero-order valence-corrected chi connectivity index (χ0v) is 11.1. The minimum absolute atomic E-state index is 0.497. The lowest BCUT2D eigenvalue weighted by Gasteiger charge is -1.99. The lowest BCUT2D eigenvalue weighted by molar-refractivity contribution is 0.415. The highest BCUT2D eigenvalue weighted by atomic mass is 32.1. The molecule has 1 aromatic carbocycles. The van der Waals surface area contributed by atoms with Crippen LogP contribution in [0.15, 0.2) is 29.4 Å². The van der Waals surface area contributed by atoms with Gasteiger partial charge >= 0.3 is 0 Å². The topological polar surface area (TPSA) is 55.2 Å². The molecule has 2 aromatic rings. The maximum absolute atomic E-state index is 5.11. The van der Waals surface area contributed by atoms with Gasteiger partial charge < -0.3 is 4.74 Å². The van der Waals surface area contributed by atoms with Gasteiger partial charge in [0.15, 0.2) is 5.82 Å². The van der Waals surface area contributed by atoms with Crippen molar-refractivity contribution < 1.29 is 4.74 Å². The van der Waals surface area contributed by atoms with Gasteiger partial charge in [0.05, 0.1) is 13.3 Å². The van der Waals surface area contributed by atoms with E-state index in [1.165, 1.54) is 0 Å². The normalized spacial score (nSPS) is 11.0. The standard InChI is InChI=1S/C12H14N4OS/c1-3-11-14-15-12(18)16(11)13-8-9-4-6-10(17-2)7-5-9/h4-8H,3H2,1-2H3,(H,15,18)/b13-8+. The second kappa shape index (κ2) is 5.59. The van der Waals surface area contributed by atoms with E-state index in [1.54, 1.807) is 18.0 Å². The Kier molecular flexibility index (Phi) is 3.88. The van der Waals surface area contributed by atoms with E-state index >= 15 is 0 Å². The molecule has 1 aromatic heterocycles. The second-order valence-electron chi connectivity index (χ2n) is 3.63. The smallest absolute Gasteiger partial charge is 0.216 e. The van der Waals surface area contributed by atoms with Crippen molar-refractivity contribution in [2.45, 2.75) is 13.3 Å². The summed E-state index contributed by atoms with van der Waals surface area (Å²) in [5, 5.41) is 11.1. The van der Waals surface area contributed by atoms with Crippen molar-refractivity contribution in [2.24, 2.45) is 5.10 Å². The van der Waals surface area contributed by atoms with Crippen LogP contribution in [-0.2, 0) is 6.42 Å². The molecule has 18 heavy (non-hydrogen) atoms.